The molecule has 0 saturated heterocycles. The molecule has 0 aliphatic carbocycles. The molecule has 0 bridgehead atoms. The van der Waals surface area contributed by atoms with Crippen molar-refractivity contribution in [3.8, 4) is 11.6 Å². The molecule has 2 aromatic carbocycles. The molecule has 1 aromatic heterocycles. The second-order valence-corrected chi connectivity index (χ2v) is 6.41. The Kier molecular flexibility index (Phi) is 4.75. The van der Waals surface area contributed by atoms with E-state index < -0.39 is 5.91 Å². The minimum Gasteiger partial charge on any atom is -0.493 e. The lowest BCUT2D eigenvalue weighted by molar-refractivity contribution is -0.120. The maximum Gasteiger partial charge on any atom is 0.302 e. The van der Waals surface area contributed by atoms with Crippen molar-refractivity contribution in [2.75, 3.05) is 6.61 Å². The van der Waals surface area contributed by atoms with Crippen LogP contribution >= 0.6 is 0 Å². The summed E-state index contributed by atoms with van der Waals surface area (Å²) in [5, 5.41) is 18.3. The van der Waals surface area contributed by atoms with Gasteiger partial charge in [-0.2, -0.15) is 0 Å². The van der Waals surface area contributed by atoms with E-state index in [2.05, 4.69) is 15.2 Å². The topological polar surface area (TPSA) is 87.0 Å². The summed E-state index contributed by atoms with van der Waals surface area (Å²) in [7, 11) is 0. The van der Waals surface area contributed by atoms with Crippen LogP contribution in [-0.4, -0.2) is 22.6 Å². The highest BCUT2D eigenvalue weighted by molar-refractivity contribution is 5.94. The Balaban J connectivity index is 1.76. The standard InChI is InChI=1S/C20H21N3O3/c1-11-5-8-16-15(9-11)18(20(25)21-16)23-22-17(24)10-26-19-13(3)7-6-12(2)14(19)4/h5-9,21,25H,10H2,1-4H3. The number of ether oxygens (including phenoxy) is 1. The number of nitrogens with one attached hydrogen (secondary N) is 1. The molecule has 2 N–H and O–H groups in total. The van der Waals surface area contributed by atoms with E-state index in [-0.39, 0.29) is 18.2 Å². The van der Waals surface area contributed by atoms with E-state index in [1.165, 1.54) is 0 Å². The van der Waals surface area contributed by atoms with Gasteiger partial charge in [0, 0.05) is 5.39 Å². The van der Waals surface area contributed by atoms with Crippen molar-refractivity contribution in [2.24, 2.45) is 10.2 Å². The molecule has 0 fully saturated rings. The summed E-state index contributed by atoms with van der Waals surface area (Å²) < 4.78 is 5.64. The summed E-state index contributed by atoms with van der Waals surface area (Å²) in [4.78, 5) is 14.9. The van der Waals surface area contributed by atoms with Gasteiger partial charge < -0.3 is 14.8 Å². The fourth-order valence-electron chi connectivity index (χ4n) is 2.79. The monoisotopic (exact) mass is 351 g/mol. The number of aromatic hydroxyl groups is 1. The number of aromatic amines is 1. The second kappa shape index (κ2) is 7.00. The average molecular weight is 351 g/mol. The fourth-order valence-corrected chi connectivity index (χ4v) is 2.79. The number of amides is 1. The predicted octanol–water partition coefficient (Wildman–Crippen LogP) is 4.80. The van der Waals surface area contributed by atoms with E-state index in [4.69, 9.17) is 4.74 Å². The van der Waals surface area contributed by atoms with Crippen LogP contribution in [0.1, 0.15) is 22.3 Å². The molecule has 6 nitrogen and oxygen atoms in total. The molecule has 0 atom stereocenters. The number of fused-ring (bicyclic) bond motifs is 1. The molecule has 0 radical (unpaired) electrons. The number of azo groups is 1. The van der Waals surface area contributed by atoms with Crippen molar-refractivity contribution in [2.45, 2.75) is 27.7 Å². The Morgan fingerprint density at radius 3 is 2.62 bits per heavy atom. The van der Waals surface area contributed by atoms with Gasteiger partial charge >= 0.3 is 5.91 Å². The fraction of sp³-hybridized carbons (Fsp3) is 0.250. The summed E-state index contributed by atoms with van der Waals surface area (Å²) in [5.74, 6) is 0.0549. The quantitative estimate of drug-likeness (QED) is 0.662. The van der Waals surface area contributed by atoms with Gasteiger partial charge in [0.05, 0.1) is 5.52 Å². The van der Waals surface area contributed by atoms with Crippen molar-refractivity contribution >= 4 is 22.5 Å². The lowest BCUT2D eigenvalue weighted by Crippen LogP contribution is -2.10. The molecule has 0 unspecified atom stereocenters. The van der Waals surface area contributed by atoms with Gasteiger partial charge in [-0.25, -0.2) is 0 Å². The van der Waals surface area contributed by atoms with Gasteiger partial charge in [0.1, 0.15) is 5.75 Å². The lowest BCUT2D eigenvalue weighted by Gasteiger charge is -2.12. The molecule has 1 heterocycles. The van der Waals surface area contributed by atoms with Gasteiger partial charge in [0.15, 0.2) is 12.3 Å². The number of hydrogen-bond acceptors (Lipinski definition) is 4. The second-order valence-electron chi connectivity index (χ2n) is 6.41. The van der Waals surface area contributed by atoms with Crippen molar-refractivity contribution < 1.29 is 14.6 Å². The average Bonchev–Trinajstić information content (AvgIpc) is 2.91. The highest BCUT2D eigenvalue weighted by Crippen LogP contribution is 2.35. The van der Waals surface area contributed by atoms with Crippen LogP contribution in [0.25, 0.3) is 10.9 Å². The van der Waals surface area contributed by atoms with Crippen LogP contribution in [-0.2, 0) is 4.79 Å². The Morgan fingerprint density at radius 2 is 1.85 bits per heavy atom. The first-order valence-corrected chi connectivity index (χ1v) is 8.32. The first-order chi connectivity index (χ1) is 12.4. The van der Waals surface area contributed by atoms with E-state index in [0.29, 0.717) is 11.1 Å². The molecule has 1 amide bonds. The summed E-state index contributed by atoms with van der Waals surface area (Å²) in [6, 6.07) is 9.61. The molecule has 0 aliphatic rings. The number of rotatable bonds is 4. The number of nitrogens with zero attached hydrogens (tertiary/aromatic N) is 2. The van der Waals surface area contributed by atoms with Crippen molar-refractivity contribution in [1.29, 1.82) is 0 Å². The molecular formula is C20H21N3O3. The Hall–Kier alpha value is -3.15. The van der Waals surface area contributed by atoms with Gasteiger partial charge in [-0.3, -0.25) is 4.79 Å². The molecule has 0 saturated carbocycles. The molecule has 134 valence electrons. The first-order valence-electron chi connectivity index (χ1n) is 8.32. The van der Waals surface area contributed by atoms with Gasteiger partial charge in [-0.05, 0) is 56.5 Å². The summed E-state index contributed by atoms with van der Waals surface area (Å²) in [5.41, 5.74) is 5.06. The maximum atomic E-state index is 12.1. The third kappa shape index (κ3) is 3.44. The highest BCUT2D eigenvalue weighted by Gasteiger charge is 2.12. The summed E-state index contributed by atoms with van der Waals surface area (Å²) in [6.45, 7) is 7.60. The van der Waals surface area contributed by atoms with Gasteiger partial charge in [0.2, 0.25) is 5.88 Å². The van der Waals surface area contributed by atoms with Crippen molar-refractivity contribution in [1.82, 2.24) is 4.98 Å². The number of hydrogen-bond donors (Lipinski definition) is 2. The molecule has 0 aliphatic heterocycles. The number of aryl methyl sites for hydroxylation is 3. The van der Waals surface area contributed by atoms with E-state index in [1.54, 1.807) is 0 Å². The summed E-state index contributed by atoms with van der Waals surface area (Å²) >= 11 is 0. The lowest BCUT2D eigenvalue weighted by atomic mass is 10.1. The summed E-state index contributed by atoms with van der Waals surface area (Å²) in [6.07, 6.45) is 0. The highest BCUT2D eigenvalue weighted by atomic mass is 16.5. The van der Waals surface area contributed by atoms with Crippen LogP contribution in [0, 0.1) is 27.7 Å². The molecular weight excluding hydrogens is 330 g/mol. The van der Waals surface area contributed by atoms with Crippen LogP contribution in [0.15, 0.2) is 40.6 Å². The van der Waals surface area contributed by atoms with E-state index in [9.17, 15) is 9.90 Å². The third-order valence-electron chi connectivity index (χ3n) is 4.38. The number of carbonyl (C=O) groups is 1. The van der Waals surface area contributed by atoms with Crippen LogP contribution in [0.5, 0.6) is 11.6 Å². The predicted molar refractivity (Wildman–Crippen MR) is 100 cm³/mol. The van der Waals surface area contributed by atoms with E-state index >= 15 is 0 Å². The van der Waals surface area contributed by atoms with Crippen molar-refractivity contribution in [3.63, 3.8) is 0 Å². The van der Waals surface area contributed by atoms with Gasteiger partial charge in [-0.15, -0.1) is 10.2 Å². The first kappa shape index (κ1) is 17.7. The Labute approximate surface area is 151 Å². The Bertz CT molecular complexity index is 1020. The maximum absolute atomic E-state index is 12.1. The van der Waals surface area contributed by atoms with Crippen molar-refractivity contribution in [3.05, 3.63) is 52.6 Å². The minimum absolute atomic E-state index is 0.117. The van der Waals surface area contributed by atoms with E-state index in [1.807, 2.05) is 58.0 Å². The number of carbonyl (C=O) groups excluding carboxylic acids is 1. The minimum atomic E-state index is -0.522. The Morgan fingerprint density at radius 1 is 1.12 bits per heavy atom. The molecule has 26 heavy (non-hydrogen) atoms. The molecule has 3 aromatic rings. The zero-order valence-electron chi connectivity index (χ0n) is 15.3. The van der Waals surface area contributed by atoms with Crippen LogP contribution in [0.3, 0.4) is 0 Å². The van der Waals surface area contributed by atoms with Crippen LogP contribution < -0.4 is 4.74 Å². The number of H-pyrrole nitrogens is 1. The van der Waals surface area contributed by atoms with Crippen LogP contribution in [0.2, 0.25) is 0 Å². The molecule has 6 heteroatoms. The SMILES string of the molecule is Cc1ccc2[nH]c(O)c(N=NC(=O)COc3c(C)ccc(C)c3C)c2c1. The van der Waals surface area contributed by atoms with E-state index in [0.717, 1.165) is 27.8 Å². The van der Waals surface area contributed by atoms with Crippen LogP contribution in [0.4, 0.5) is 5.69 Å². The zero-order chi connectivity index (χ0) is 18.8. The van der Waals surface area contributed by atoms with Gasteiger partial charge in [-0.1, -0.05) is 23.8 Å². The smallest absolute Gasteiger partial charge is 0.302 e. The molecule has 3 rings (SSSR count). The van der Waals surface area contributed by atoms with Gasteiger partial charge in [0.25, 0.3) is 0 Å². The third-order valence-corrected chi connectivity index (χ3v) is 4.38. The number of benzene rings is 2. The normalized spacial score (nSPS) is 11.4. The molecule has 0 spiro atoms. The zero-order valence-corrected chi connectivity index (χ0v) is 15.3. The largest absolute Gasteiger partial charge is 0.493 e. The number of aromatic nitrogens is 1.